The van der Waals surface area contributed by atoms with Gasteiger partial charge in [0, 0.05) is 20.3 Å². The smallest absolute Gasteiger partial charge is 0.332 e. The maximum absolute atomic E-state index is 11.9. The molecule has 0 fully saturated rings. The van der Waals surface area contributed by atoms with Gasteiger partial charge in [0.2, 0.25) is 0 Å². The zero-order valence-corrected chi connectivity index (χ0v) is 11.5. The summed E-state index contributed by atoms with van der Waals surface area (Å²) in [6.45, 7) is -0.754. The van der Waals surface area contributed by atoms with Gasteiger partial charge in [-0.25, -0.2) is 9.79 Å². The molecule has 0 saturated carbocycles. The van der Waals surface area contributed by atoms with Crippen molar-refractivity contribution in [2.45, 2.75) is 18.3 Å². The second-order valence-electron chi connectivity index (χ2n) is 4.45. The van der Waals surface area contributed by atoms with Crippen LogP contribution in [-0.4, -0.2) is 60.7 Å². The Balaban J connectivity index is 3.18. The lowest BCUT2D eigenvalue weighted by Crippen LogP contribution is -2.40. The van der Waals surface area contributed by atoms with E-state index in [1.54, 1.807) is 0 Å². The maximum Gasteiger partial charge on any atom is 0.332 e. The summed E-state index contributed by atoms with van der Waals surface area (Å²) < 4.78 is 1.79. The van der Waals surface area contributed by atoms with E-state index in [4.69, 9.17) is 10.8 Å². The summed E-state index contributed by atoms with van der Waals surface area (Å²) in [5, 5.41) is 36.8. The lowest BCUT2D eigenvalue weighted by atomic mass is 10.1. The Labute approximate surface area is 119 Å². The van der Waals surface area contributed by atoms with Crippen LogP contribution in [0.2, 0.25) is 0 Å². The van der Waals surface area contributed by atoms with Crippen LogP contribution in [0.1, 0.15) is 0 Å². The molecule has 0 unspecified atom stereocenters. The number of nitrogen functional groups attached to an aromatic ring is 1. The molecule has 0 amide bonds. The van der Waals surface area contributed by atoms with Gasteiger partial charge in [0.1, 0.15) is 24.1 Å². The quantitative estimate of drug-likeness (QED) is 0.351. The molecule has 1 aromatic rings. The highest BCUT2D eigenvalue weighted by molar-refractivity contribution is 5.71. The van der Waals surface area contributed by atoms with Gasteiger partial charge < -0.3 is 26.2 Å². The average Bonchev–Trinajstić information content (AvgIpc) is 2.49. The topological polar surface area (TPSA) is 163 Å². The summed E-state index contributed by atoms with van der Waals surface area (Å²) in [4.78, 5) is 27.1. The van der Waals surface area contributed by atoms with Crippen molar-refractivity contribution in [1.29, 1.82) is 0 Å². The number of aromatic nitrogens is 2. The molecular formula is C11H18N4O6. The molecule has 0 aliphatic carbocycles. The lowest BCUT2D eigenvalue weighted by molar-refractivity contribution is -0.0541. The number of nitrogens with zero attached hydrogens (tertiary/aromatic N) is 3. The first kappa shape index (κ1) is 17.0. The summed E-state index contributed by atoms with van der Waals surface area (Å²) in [6.07, 6.45) is -4.09. The molecule has 0 spiro atoms. The fourth-order valence-electron chi connectivity index (χ4n) is 1.54. The number of nitrogens with two attached hydrogens (primary N) is 1. The van der Waals surface area contributed by atoms with Crippen LogP contribution in [-0.2, 0) is 14.1 Å². The average molecular weight is 302 g/mol. The number of aliphatic hydroxyl groups is 4. The Bertz CT molecular complexity index is 649. The lowest BCUT2D eigenvalue weighted by Gasteiger charge is -2.18. The monoisotopic (exact) mass is 302 g/mol. The Hall–Kier alpha value is -2.01. The van der Waals surface area contributed by atoms with Crippen molar-refractivity contribution in [3.8, 4) is 0 Å². The first-order valence-electron chi connectivity index (χ1n) is 5.97. The van der Waals surface area contributed by atoms with Crippen LogP contribution in [0.5, 0.6) is 0 Å². The third-order valence-electron chi connectivity index (χ3n) is 2.97. The Morgan fingerprint density at radius 1 is 1.24 bits per heavy atom. The Morgan fingerprint density at radius 2 is 1.81 bits per heavy atom. The van der Waals surface area contributed by atoms with E-state index < -0.39 is 36.2 Å². The van der Waals surface area contributed by atoms with Crippen molar-refractivity contribution in [2.24, 2.45) is 19.1 Å². The summed E-state index contributed by atoms with van der Waals surface area (Å²) in [7, 11) is 2.58. The minimum Gasteiger partial charge on any atom is -0.394 e. The summed E-state index contributed by atoms with van der Waals surface area (Å²) in [6, 6.07) is 0. The predicted molar refractivity (Wildman–Crippen MR) is 74.6 cm³/mol. The van der Waals surface area contributed by atoms with Gasteiger partial charge in [-0.2, -0.15) is 0 Å². The Morgan fingerprint density at radius 3 is 2.33 bits per heavy atom. The molecule has 3 atom stereocenters. The van der Waals surface area contributed by atoms with Crippen LogP contribution in [0.4, 0.5) is 11.5 Å². The molecule has 118 valence electrons. The van der Waals surface area contributed by atoms with Crippen molar-refractivity contribution >= 4 is 17.7 Å². The molecule has 10 heteroatoms. The minimum atomic E-state index is -1.68. The van der Waals surface area contributed by atoms with E-state index in [0.29, 0.717) is 0 Å². The van der Waals surface area contributed by atoms with Crippen molar-refractivity contribution in [3.63, 3.8) is 0 Å². The highest BCUT2D eigenvalue weighted by atomic mass is 16.4. The van der Waals surface area contributed by atoms with Crippen LogP contribution < -0.4 is 17.0 Å². The molecule has 1 heterocycles. The first-order valence-corrected chi connectivity index (χ1v) is 5.97. The highest BCUT2D eigenvalue weighted by Crippen LogP contribution is 2.13. The van der Waals surface area contributed by atoms with Gasteiger partial charge in [-0.1, -0.05) is 0 Å². The third kappa shape index (κ3) is 3.36. The summed E-state index contributed by atoms with van der Waals surface area (Å²) >= 11 is 0. The fourth-order valence-corrected chi connectivity index (χ4v) is 1.54. The van der Waals surface area contributed by atoms with Crippen molar-refractivity contribution in [2.75, 3.05) is 12.3 Å². The number of hydrogen-bond donors (Lipinski definition) is 5. The second-order valence-corrected chi connectivity index (χ2v) is 4.45. The number of hydrogen-bond acceptors (Lipinski definition) is 8. The molecule has 6 N–H and O–H groups in total. The molecule has 21 heavy (non-hydrogen) atoms. The van der Waals surface area contributed by atoms with Crippen LogP contribution >= 0.6 is 0 Å². The molecule has 0 aromatic carbocycles. The minimum absolute atomic E-state index is 0.205. The molecular weight excluding hydrogens is 284 g/mol. The van der Waals surface area contributed by atoms with Crippen LogP contribution in [0.15, 0.2) is 14.6 Å². The van der Waals surface area contributed by atoms with Crippen molar-refractivity contribution in [1.82, 2.24) is 9.13 Å². The van der Waals surface area contributed by atoms with Gasteiger partial charge in [-0.05, 0) is 0 Å². The van der Waals surface area contributed by atoms with Gasteiger partial charge in [-0.15, -0.1) is 0 Å². The molecule has 0 radical (unpaired) electrons. The maximum atomic E-state index is 11.9. The van der Waals surface area contributed by atoms with E-state index in [1.807, 2.05) is 0 Å². The number of anilines is 1. The van der Waals surface area contributed by atoms with E-state index in [-0.39, 0.29) is 11.5 Å². The van der Waals surface area contributed by atoms with Gasteiger partial charge >= 0.3 is 5.69 Å². The zero-order chi connectivity index (χ0) is 16.3. The van der Waals surface area contributed by atoms with Crippen LogP contribution in [0.25, 0.3) is 0 Å². The van der Waals surface area contributed by atoms with E-state index >= 15 is 0 Å². The molecule has 0 aliphatic heterocycles. The number of aliphatic hydroxyl groups excluding tert-OH is 4. The second kappa shape index (κ2) is 6.63. The normalized spacial score (nSPS) is 16.1. The zero-order valence-electron chi connectivity index (χ0n) is 11.5. The van der Waals surface area contributed by atoms with E-state index in [0.717, 1.165) is 15.3 Å². The largest absolute Gasteiger partial charge is 0.394 e. The van der Waals surface area contributed by atoms with E-state index in [9.17, 15) is 24.9 Å². The molecule has 10 nitrogen and oxygen atoms in total. The SMILES string of the molecule is Cn1c(N)c(N=C[C@H](O)[C@@H](O)[C@@H](O)CO)c(=O)n(C)c1=O. The molecule has 0 bridgehead atoms. The highest BCUT2D eigenvalue weighted by Gasteiger charge is 2.23. The molecule has 0 saturated heterocycles. The standard InChI is InChI=1S/C11H18N4O6/c1-14-9(12)7(10(20)15(2)11(14)21)13-3-5(17)8(19)6(18)4-16/h3,5-6,8,16-19H,4,12H2,1-2H3/t5-,6-,8+/m0/s1. The Kier molecular flexibility index (Phi) is 5.38. The van der Waals surface area contributed by atoms with Crippen molar-refractivity contribution in [3.05, 3.63) is 20.8 Å². The molecule has 1 aromatic heterocycles. The number of rotatable bonds is 5. The summed E-state index contributed by atoms with van der Waals surface area (Å²) in [5.74, 6) is -0.205. The van der Waals surface area contributed by atoms with E-state index in [1.165, 1.54) is 14.1 Å². The fraction of sp³-hybridized carbons (Fsp3) is 0.545. The van der Waals surface area contributed by atoms with Gasteiger partial charge in [0.25, 0.3) is 5.56 Å². The van der Waals surface area contributed by atoms with Crippen LogP contribution in [0, 0.1) is 0 Å². The first-order chi connectivity index (χ1) is 9.72. The van der Waals surface area contributed by atoms with Crippen LogP contribution in [0.3, 0.4) is 0 Å². The van der Waals surface area contributed by atoms with Gasteiger partial charge in [-0.3, -0.25) is 13.9 Å². The molecule has 1 rings (SSSR count). The van der Waals surface area contributed by atoms with Gasteiger partial charge in [0.15, 0.2) is 5.69 Å². The van der Waals surface area contributed by atoms with Crippen molar-refractivity contribution < 1.29 is 20.4 Å². The van der Waals surface area contributed by atoms with Gasteiger partial charge in [0.05, 0.1) is 6.61 Å². The number of aliphatic imine (C=N–C) groups is 1. The third-order valence-corrected chi connectivity index (χ3v) is 2.97. The summed E-state index contributed by atoms with van der Waals surface area (Å²) in [5.41, 5.74) is 3.92. The van der Waals surface area contributed by atoms with E-state index in [2.05, 4.69) is 4.99 Å². The molecule has 0 aliphatic rings. The predicted octanol–water partition coefficient (Wildman–Crippen LogP) is -3.56.